The molecule has 5 rings (SSSR count). The molecule has 2 atom stereocenters. The first kappa shape index (κ1) is 37.6. The fourth-order valence-corrected chi connectivity index (χ4v) is 5.77. The van der Waals surface area contributed by atoms with Crippen LogP contribution in [0.5, 0.6) is 17.2 Å². The van der Waals surface area contributed by atoms with Gasteiger partial charge in [0.15, 0.2) is 17.3 Å². The van der Waals surface area contributed by atoms with E-state index in [1.807, 2.05) is 18.2 Å². The van der Waals surface area contributed by atoms with Gasteiger partial charge in [-0.2, -0.15) is 0 Å². The third-order valence-corrected chi connectivity index (χ3v) is 8.64. The minimum atomic E-state index is -1.38. The second-order valence-corrected chi connectivity index (χ2v) is 12.5. The molecule has 1 heterocycles. The number of methoxy groups -OCH3 is 1. The van der Waals surface area contributed by atoms with Crippen LogP contribution in [0.15, 0.2) is 95.4 Å². The van der Waals surface area contributed by atoms with Gasteiger partial charge in [-0.15, -0.1) is 0 Å². The van der Waals surface area contributed by atoms with Crippen LogP contribution in [0.1, 0.15) is 82.9 Å². The Kier molecular flexibility index (Phi) is 13.0. The number of rotatable bonds is 18. The first-order chi connectivity index (χ1) is 25.2. The lowest BCUT2D eigenvalue weighted by Crippen LogP contribution is -2.40. The van der Waals surface area contributed by atoms with E-state index in [0.29, 0.717) is 45.9 Å². The quantitative estimate of drug-likeness (QED) is 0.0306. The number of nitrogens with one attached hydrogen (secondary N) is 2. The zero-order valence-electron chi connectivity index (χ0n) is 29.5. The highest BCUT2D eigenvalue weighted by atomic mass is 16.6. The van der Waals surface area contributed by atoms with Crippen molar-refractivity contribution in [2.75, 3.05) is 19.0 Å². The Morgan fingerprint density at radius 2 is 1.63 bits per heavy atom. The van der Waals surface area contributed by atoms with Crippen molar-refractivity contribution in [3.8, 4) is 17.2 Å². The van der Waals surface area contributed by atoms with E-state index in [-0.39, 0.29) is 23.7 Å². The lowest BCUT2D eigenvalue weighted by molar-refractivity contribution is -0.140. The average molecular weight is 709 g/mol. The third kappa shape index (κ3) is 9.77. The second-order valence-electron chi connectivity index (χ2n) is 12.5. The highest BCUT2D eigenvalue weighted by Crippen LogP contribution is 2.30. The van der Waals surface area contributed by atoms with Crippen molar-refractivity contribution in [2.24, 2.45) is 0 Å². The maximum atomic E-state index is 13.0. The number of carbonyl (C=O) groups excluding carboxylic acids is 2. The van der Waals surface area contributed by atoms with Gasteiger partial charge in [0.1, 0.15) is 23.6 Å². The molecule has 11 nitrogen and oxygen atoms in total. The van der Waals surface area contributed by atoms with Crippen LogP contribution in [0.2, 0.25) is 0 Å². The number of hydrogen-bond donors (Lipinski definition) is 4. The summed E-state index contributed by atoms with van der Waals surface area (Å²) in [5.74, 6) is -0.976. The molecule has 1 amide bonds. The van der Waals surface area contributed by atoms with Gasteiger partial charge in [-0.25, -0.2) is 4.79 Å². The lowest BCUT2D eigenvalue weighted by atomic mass is 10.0. The number of ether oxygens (including phenoxy) is 3. The van der Waals surface area contributed by atoms with Gasteiger partial charge in [-0.3, -0.25) is 14.9 Å². The molecule has 4 N–H and O–H groups in total. The number of fused-ring (bicyclic) bond motifs is 1. The van der Waals surface area contributed by atoms with Gasteiger partial charge in [-0.1, -0.05) is 69.0 Å². The molecule has 0 aliphatic rings. The first-order valence-corrected chi connectivity index (χ1v) is 17.3. The van der Waals surface area contributed by atoms with Gasteiger partial charge >= 0.3 is 11.9 Å². The number of amides is 1. The number of aryl methyl sites for hydroxylation is 1. The first-order valence-electron chi connectivity index (χ1n) is 17.3. The normalized spacial score (nSPS) is 12.2. The Bertz CT molecular complexity index is 1990. The summed E-state index contributed by atoms with van der Waals surface area (Å²) in [6.07, 6.45) is 4.30. The predicted octanol–water partition coefficient (Wildman–Crippen LogP) is 7.85. The Balaban J connectivity index is 1.18. The van der Waals surface area contributed by atoms with Gasteiger partial charge in [-0.05, 0) is 85.5 Å². The fourth-order valence-electron chi connectivity index (χ4n) is 5.77. The molecule has 0 radical (unpaired) electrons. The van der Waals surface area contributed by atoms with E-state index in [1.54, 1.807) is 73.7 Å². The smallest absolute Gasteiger partial charge is 0.343 e. The molecule has 11 heteroatoms. The Morgan fingerprint density at radius 1 is 0.865 bits per heavy atom. The standard InChI is InChI=1S/C41H44N2O9/c1-4-5-6-7-10-22-50-31-19-17-28(18-20-31)41(48)52-35-21-16-27(24-36(35)49-3)23-33(40(46)47)43-38(44)29-12-11-13-30(25-29)42-39(45)37-26(2)32-14-8-9-15-34(32)51-37/h8-9,11-21,24-25,33,38,43-44H,4-7,10,22-23H2,1-3H3,(H,42,45)(H,46,47). The number of carboxylic acids is 1. The van der Waals surface area contributed by atoms with E-state index in [4.69, 9.17) is 18.6 Å². The van der Waals surface area contributed by atoms with E-state index < -0.39 is 30.1 Å². The molecular weight excluding hydrogens is 664 g/mol. The number of anilines is 1. The van der Waals surface area contributed by atoms with Crippen LogP contribution in [-0.2, 0) is 11.2 Å². The van der Waals surface area contributed by atoms with Crippen LogP contribution in [0.3, 0.4) is 0 Å². The zero-order valence-corrected chi connectivity index (χ0v) is 29.5. The molecule has 272 valence electrons. The SMILES string of the molecule is CCCCCCCOc1ccc(C(=O)Oc2ccc(CC(NC(O)c3cccc(NC(=O)c4oc5ccccc5c4C)c3)C(=O)O)cc2OC)cc1. The minimum Gasteiger partial charge on any atom is -0.494 e. The molecule has 0 spiro atoms. The zero-order chi connectivity index (χ0) is 37.0. The number of aliphatic hydroxyl groups is 1. The number of benzene rings is 4. The molecule has 52 heavy (non-hydrogen) atoms. The number of furan rings is 1. The molecule has 0 fully saturated rings. The van der Waals surface area contributed by atoms with Crippen LogP contribution in [0.4, 0.5) is 5.69 Å². The van der Waals surface area contributed by atoms with Gasteiger partial charge in [0.25, 0.3) is 5.91 Å². The fraction of sp³-hybridized carbons (Fsp3) is 0.293. The van der Waals surface area contributed by atoms with Gasteiger partial charge in [0.2, 0.25) is 0 Å². The number of esters is 1. The molecule has 0 saturated carbocycles. The lowest BCUT2D eigenvalue weighted by Gasteiger charge is -2.21. The monoisotopic (exact) mass is 708 g/mol. The summed E-state index contributed by atoms with van der Waals surface area (Å²) < 4.78 is 22.6. The van der Waals surface area contributed by atoms with Gasteiger partial charge in [0.05, 0.1) is 19.3 Å². The Hall–Kier alpha value is -5.65. The third-order valence-electron chi connectivity index (χ3n) is 8.64. The van der Waals surface area contributed by atoms with Crippen molar-refractivity contribution in [2.45, 2.75) is 64.6 Å². The molecule has 0 aliphatic carbocycles. The average Bonchev–Trinajstić information content (AvgIpc) is 3.49. The van der Waals surface area contributed by atoms with Crippen molar-refractivity contribution < 1.29 is 43.2 Å². The number of carbonyl (C=O) groups is 3. The van der Waals surface area contributed by atoms with Crippen molar-refractivity contribution >= 4 is 34.5 Å². The minimum absolute atomic E-state index is 0.0290. The predicted molar refractivity (Wildman–Crippen MR) is 197 cm³/mol. The van der Waals surface area contributed by atoms with Crippen LogP contribution in [0, 0.1) is 6.92 Å². The van der Waals surface area contributed by atoms with E-state index in [1.165, 1.54) is 32.4 Å². The number of carboxylic acid groups (broad SMARTS) is 1. The molecule has 0 aliphatic heterocycles. The number of hydrogen-bond acceptors (Lipinski definition) is 9. The molecule has 5 aromatic rings. The van der Waals surface area contributed by atoms with E-state index in [2.05, 4.69) is 17.6 Å². The van der Waals surface area contributed by atoms with Gasteiger partial charge < -0.3 is 34.2 Å². The summed E-state index contributed by atoms with van der Waals surface area (Å²) in [6.45, 7) is 4.60. The summed E-state index contributed by atoms with van der Waals surface area (Å²) >= 11 is 0. The van der Waals surface area contributed by atoms with Crippen molar-refractivity contribution in [1.29, 1.82) is 0 Å². The molecule has 2 unspecified atom stereocenters. The summed E-state index contributed by atoms with van der Waals surface area (Å²) in [5.41, 5.74) is 2.93. The molecule has 0 bridgehead atoms. The van der Waals surface area contributed by atoms with Crippen molar-refractivity contribution in [3.63, 3.8) is 0 Å². The molecule has 4 aromatic carbocycles. The molecule has 0 saturated heterocycles. The van der Waals surface area contributed by atoms with Crippen LogP contribution in [0.25, 0.3) is 11.0 Å². The van der Waals surface area contributed by atoms with Gasteiger partial charge in [0, 0.05) is 16.6 Å². The Labute approximate surface area is 302 Å². The van der Waals surface area contributed by atoms with Crippen LogP contribution < -0.4 is 24.8 Å². The number of unbranched alkanes of at least 4 members (excludes halogenated alkanes) is 4. The Morgan fingerprint density at radius 3 is 2.37 bits per heavy atom. The maximum Gasteiger partial charge on any atom is 0.343 e. The highest BCUT2D eigenvalue weighted by Gasteiger charge is 2.24. The molecular formula is C41H44N2O9. The number of aliphatic carboxylic acids is 1. The van der Waals surface area contributed by atoms with Crippen molar-refractivity contribution in [1.82, 2.24) is 5.32 Å². The van der Waals surface area contributed by atoms with E-state index in [0.717, 1.165) is 18.2 Å². The van der Waals surface area contributed by atoms with E-state index >= 15 is 0 Å². The van der Waals surface area contributed by atoms with Crippen LogP contribution >= 0.6 is 0 Å². The summed E-state index contributed by atoms with van der Waals surface area (Å²) in [5, 5.41) is 27.4. The largest absolute Gasteiger partial charge is 0.494 e. The van der Waals surface area contributed by atoms with Crippen molar-refractivity contribution in [3.05, 3.63) is 119 Å². The highest BCUT2D eigenvalue weighted by molar-refractivity contribution is 6.06. The number of aliphatic hydroxyl groups excluding tert-OH is 1. The summed E-state index contributed by atoms with van der Waals surface area (Å²) in [4.78, 5) is 38.2. The number of para-hydroxylation sites is 1. The summed E-state index contributed by atoms with van der Waals surface area (Å²) in [7, 11) is 1.42. The maximum absolute atomic E-state index is 13.0. The topological polar surface area (TPSA) is 157 Å². The molecule has 1 aromatic heterocycles. The van der Waals surface area contributed by atoms with E-state index in [9.17, 15) is 24.6 Å². The van der Waals surface area contributed by atoms with Crippen LogP contribution in [-0.4, -0.2) is 47.8 Å². The second kappa shape index (κ2) is 18.0. The summed E-state index contributed by atoms with van der Waals surface area (Å²) in [6, 6.07) is 24.1.